The average molecular weight is 432 g/mol. The van der Waals surface area contributed by atoms with E-state index in [0.717, 1.165) is 0 Å². The number of carbonyl (C=O) groups is 4. The van der Waals surface area contributed by atoms with Crippen molar-refractivity contribution < 1.29 is 23.9 Å². The highest BCUT2D eigenvalue weighted by Gasteiger charge is 2.44. The van der Waals surface area contributed by atoms with Gasteiger partial charge in [-0.1, -0.05) is 19.9 Å². The summed E-state index contributed by atoms with van der Waals surface area (Å²) in [6.45, 7) is 7.51. The molecule has 1 fully saturated rings. The largest absolute Gasteiger partial charge is 0.467 e. The van der Waals surface area contributed by atoms with E-state index in [1.807, 2.05) is 0 Å². The number of methoxy groups -OCH3 is 1. The zero-order chi connectivity index (χ0) is 23.0. The highest BCUT2D eigenvalue weighted by atomic mass is 16.5. The first kappa shape index (κ1) is 23.8. The van der Waals surface area contributed by atoms with Crippen LogP contribution < -0.4 is 16.0 Å². The Kier molecular flexibility index (Phi) is 8.47. The molecule has 1 aromatic rings. The number of ether oxygens (including phenoxy) is 1. The SMILES string of the molecule is C=CCNC(=O)N[C@H]1CCN(C(=O)c2cnccn2)[C@H]1C(=O)N[C@@H](C(=O)OC)C(C)C. The molecule has 11 heteroatoms. The van der Waals surface area contributed by atoms with Crippen molar-refractivity contribution in [1.29, 1.82) is 0 Å². The van der Waals surface area contributed by atoms with Gasteiger partial charge in [-0.05, 0) is 12.3 Å². The van der Waals surface area contributed by atoms with Crippen LogP contribution in [-0.4, -0.2) is 77.0 Å². The van der Waals surface area contributed by atoms with Crippen molar-refractivity contribution in [2.45, 2.75) is 38.4 Å². The molecule has 31 heavy (non-hydrogen) atoms. The lowest BCUT2D eigenvalue weighted by Gasteiger charge is -2.29. The smallest absolute Gasteiger partial charge is 0.328 e. The quantitative estimate of drug-likeness (QED) is 0.383. The van der Waals surface area contributed by atoms with Gasteiger partial charge >= 0.3 is 12.0 Å². The number of likely N-dealkylation sites (tertiary alicyclic amines) is 1. The molecule has 1 saturated heterocycles. The maximum Gasteiger partial charge on any atom is 0.328 e. The third kappa shape index (κ3) is 6.00. The minimum absolute atomic E-state index is 0.0745. The summed E-state index contributed by atoms with van der Waals surface area (Å²) < 4.78 is 4.77. The Morgan fingerprint density at radius 1 is 1.32 bits per heavy atom. The number of rotatable bonds is 8. The van der Waals surface area contributed by atoms with E-state index in [1.165, 1.54) is 36.7 Å². The second-order valence-corrected chi connectivity index (χ2v) is 7.33. The Bertz CT molecular complexity index is 816. The second-order valence-electron chi connectivity index (χ2n) is 7.33. The summed E-state index contributed by atoms with van der Waals surface area (Å²) in [5, 5.41) is 7.96. The number of hydrogen-bond donors (Lipinski definition) is 3. The standard InChI is InChI=1S/C20H28N6O5/c1-5-7-23-20(30)24-13-6-10-26(18(28)14-11-21-8-9-22-14)16(13)17(27)25-15(12(2)3)19(29)31-4/h5,8-9,11-13,15-16H,1,6-7,10H2,2-4H3,(H,25,27)(H2,23,24,30)/t13-,15+,16+/m0/s1. The summed E-state index contributed by atoms with van der Waals surface area (Å²) in [5.41, 5.74) is 0.0745. The highest BCUT2D eigenvalue weighted by molar-refractivity contribution is 5.98. The van der Waals surface area contributed by atoms with Gasteiger partial charge in [0.15, 0.2) is 0 Å². The van der Waals surface area contributed by atoms with Gasteiger partial charge in [0, 0.05) is 25.5 Å². The van der Waals surface area contributed by atoms with Crippen LogP contribution in [0.2, 0.25) is 0 Å². The fourth-order valence-corrected chi connectivity index (χ4v) is 3.30. The first-order valence-corrected chi connectivity index (χ1v) is 9.90. The maximum absolute atomic E-state index is 13.2. The molecular formula is C20H28N6O5. The van der Waals surface area contributed by atoms with Gasteiger partial charge in [-0.2, -0.15) is 0 Å². The number of hydrogen-bond acceptors (Lipinski definition) is 7. The lowest BCUT2D eigenvalue weighted by Crippen LogP contribution is -2.59. The Hall–Kier alpha value is -3.50. The van der Waals surface area contributed by atoms with Crippen molar-refractivity contribution >= 4 is 23.8 Å². The molecule has 1 aromatic heterocycles. The number of nitrogens with zero attached hydrogens (tertiary/aromatic N) is 3. The molecule has 0 spiro atoms. The highest BCUT2D eigenvalue weighted by Crippen LogP contribution is 2.21. The van der Waals surface area contributed by atoms with E-state index >= 15 is 0 Å². The number of amides is 4. The second kappa shape index (κ2) is 11.0. The van der Waals surface area contributed by atoms with Crippen molar-refractivity contribution in [2.75, 3.05) is 20.2 Å². The first-order chi connectivity index (χ1) is 14.8. The third-order valence-electron chi connectivity index (χ3n) is 4.85. The molecule has 2 rings (SSSR count). The lowest BCUT2D eigenvalue weighted by molar-refractivity contribution is -0.146. The molecule has 3 atom stereocenters. The van der Waals surface area contributed by atoms with Crippen LogP contribution >= 0.6 is 0 Å². The molecule has 0 saturated carbocycles. The van der Waals surface area contributed by atoms with E-state index < -0.39 is 41.9 Å². The third-order valence-corrected chi connectivity index (χ3v) is 4.85. The number of esters is 1. The molecule has 0 bridgehead atoms. The fraction of sp³-hybridized carbons (Fsp3) is 0.500. The van der Waals surface area contributed by atoms with E-state index in [4.69, 9.17) is 4.74 Å². The molecule has 4 amide bonds. The summed E-state index contributed by atoms with van der Waals surface area (Å²) in [7, 11) is 1.23. The van der Waals surface area contributed by atoms with Crippen molar-refractivity contribution in [1.82, 2.24) is 30.8 Å². The van der Waals surface area contributed by atoms with Gasteiger partial charge in [0.1, 0.15) is 17.8 Å². The van der Waals surface area contributed by atoms with E-state index in [0.29, 0.717) is 6.42 Å². The van der Waals surface area contributed by atoms with E-state index in [9.17, 15) is 19.2 Å². The minimum atomic E-state index is -1.05. The average Bonchev–Trinajstić information content (AvgIpc) is 3.18. The predicted molar refractivity (Wildman–Crippen MR) is 111 cm³/mol. The Morgan fingerprint density at radius 3 is 2.65 bits per heavy atom. The number of nitrogens with one attached hydrogen (secondary N) is 3. The molecule has 0 aliphatic carbocycles. The van der Waals surface area contributed by atoms with Gasteiger partial charge < -0.3 is 25.6 Å². The van der Waals surface area contributed by atoms with Crippen molar-refractivity contribution in [3.05, 3.63) is 36.9 Å². The number of urea groups is 1. The van der Waals surface area contributed by atoms with Gasteiger partial charge in [-0.25, -0.2) is 14.6 Å². The topological polar surface area (TPSA) is 143 Å². The van der Waals surface area contributed by atoms with Crippen LogP contribution in [0.3, 0.4) is 0 Å². The number of aromatic nitrogens is 2. The molecule has 1 aliphatic rings. The van der Waals surface area contributed by atoms with Crippen LogP contribution in [0.1, 0.15) is 30.8 Å². The predicted octanol–water partition coefficient (Wildman–Crippen LogP) is -0.141. The summed E-state index contributed by atoms with van der Waals surface area (Å²) in [6, 6.07) is -3.11. The normalized spacial score (nSPS) is 18.8. The summed E-state index contributed by atoms with van der Waals surface area (Å²) in [5.74, 6) is -1.92. The van der Waals surface area contributed by atoms with Crippen LogP contribution in [0.25, 0.3) is 0 Å². The van der Waals surface area contributed by atoms with Crippen LogP contribution in [0.5, 0.6) is 0 Å². The van der Waals surface area contributed by atoms with E-state index in [1.54, 1.807) is 13.8 Å². The van der Waals surface area contributed by atoms with E-state index in [2.05, 4.69) is 32.5 Å². The molecule has 0 aromatic carbocycles. The maximum atomic E-state index is 13.2. The summed E-state index contributed by atoms with van der Waals surface area (Å²) in [4.78, 5) is 59.7. The van der Waals surface area contributed by atoms with Crippen LogP contribution in [0.4, 0.5) is 4.79 Å². The molecule has 11 nitrogen and oxygen atoms in total. The number of carbonyl (C=O) groups excluding carboxylic acids is 4. The molecule has 1 aliphatic heterocycles. The molecule has 3 N–H and O–H groups in total. The van der Waals surface area contributed by atoms with Gasteiger partial charge in [-0.3, -0.25) is 14.6 Å². The van der Waals surface area contributed by atoms with Gasteiger partial charge in [0.2, 0.25) is 5.91 Å². The van der Waals surface area contributed by atoms with Gasteiger partial charge in [0.25, 0.3) is 5.91 Å². The Balaban J connectivity index is 2.28. The molecule has 0 unspecified atom stereocenters. The van der Waals surface area contributed by atoms with Crippen LogP contribution in [0.15, 0.2) is 31.2 Å². The fourth-order valence-electron chi connectivity index (χ4n) is 3.30. The zero-order valence-corrected chi connectivity index (χ0v) is 17.8. The van der Waals surface area contributed by atoms with E-state index in [-0.39, 0.29) is 24.7 Å². The van der Waals surface area contributed by atoms with Crippen molar-refractivity contribution in [2.24, 2.45) is 5.92 Å². The molecular weight excluding hydrogens is 404 g/mol. The zero-order valence-electron chi connectivity index (χ0n) is 17.8. The van der Waals surface area contributed by atoms with Crippen LogP contribution in [-0.2, 0) is 14.3 Å². The van der Waals surface area contributed by atoms with Crippen molar-refractivity contribution in [3.63, 3.8) is 0 Å². The Morgan fingerprint density at radius 2 is 2.06 bits per heavy atom. The molecule has 168 valence electrons. The van der Waals surface area contributed by atoms with Crippen molar-refractivity contribution in [3.8, 4) is 0 Å². The molecule has 2 heterocycles. The van der Waals surface area contributed by atoms with Gasteiger partial charge in [0.05, 0.1) is 19.3 Å². The van der Waals surface area contributed by atoms with Crippen LogP contribution in [0, 0.1) is 5.92 Å². The summed E-state index contributed by atoms with van der Waals surface area (Å²) >= 11 is 0. The molecule has 0 radical (unpaired) electrons. The summed E-state index contributed by atoms with van der Waals surface area (Å²) in [6.07, 6.45) is 5.98. The first-order valence-electron chi connectivity index (χ1n) is 9.90. The monoisotopic (exact) mass is 432 g/mol. The lowest BCUT2D eigenvalue weighted by atomic mass is 10.0. The van der Waals surface area contributed by atoms with Gasteiger partial charge in [-0.15, -0.1) is 6.58 Å². The Labute approximate surface area is 180 Å². The minimum Gasteiger partial charge on any atom is -0.467 e.